The summed E-state index contributed by atoms with van der Waals surface area (Å²) in [5.41, 5.74) is 0.886. The molecule has 1 heterocycles. The number of aromatic nitrogens is 2. The highest BCUT2D eigenvalue weighted by Crippen LogP contribution is 2.27. The Kier molecular flexibility index (Phi) is 5.57. The van der Waals surface area contributed by atoms with Gasteiger partial charge in [-0.1, -0.05) is 30.6 Å². The molecule has 0 amide bonds. The third kappa shape index (κ3) is 4.30. The molecule has 20 heavy (non-hydrogen) atoms. The van der Waals surface area contributed by atoms with E-state index in [0.717, 1.165) is 29.4 Å². The zero-order valence-corrected chi connectivity index (χ0v) is 13.8. The van der Waals surface area contributed by atoms with Crippen LogP contribution < -0.4 is 5.32 Å². The lowest BCUT2D eigenvalue weighted by Crippen LogP contribution is -2.23. The SMILES string of the molecule is CC(C)NCCCc1nc(-c2ccc(Cl)c(Br)c2)no1. The summed E-state index contributed by atoms with van der Waals surface area (Å²) < 4.78 is 6.08. The second kappa shape index (κ2) is 7.20. The molecule has 0 aliphatic rings. The molecule has 2 aromatic rings. The molecule has 0 fully saturated rings. The van der Waals surface area contributed by atoms with Crippen molar-refractivity contribution in [2.45, 2.75) is 32.7 Å². The van der Waals surface area contributed by atoms with E-state index in [1.165, 1.54) is 0 Å². The maximum absolute atomic E-state index is 5.97. The van der Waals surface area contributed by atoms with Gasteiger partial charge in [0.05, 0.1) is 5.02 Å². The lowest BCUT2D eigenvalue weighted by atomic mass is 10.2. The second-order valence-electron chi connectivity index (χ2n) is 4.85. The van der Waals surface area contributed by atoms with Crippen molar-refractivity contribution in [1.29, 1.82) is 0 Å². The van der Waals surface area contributed by atoms with Crippen LogP contribution in [0.25, 0.3) is 11.4 Å². The van der Waals surface area contributed by atoms with Crippen LogP contribution >= 0.6 is 27.5 Å². The highest BCUT2D eigenvalue weighted by atomic mass is 79.9. The fourth-order valence-corrected chi connectivity index (χ4v) is 2.24. The standard InChI is InChI=1S/C14H17BrClN3O/c1-9(2)17-7-3-4-13-18-14(19-20-13)10-5-6-12(16)11(15)8-10/h5-6,8-9,17H,3-4,7H2,1-2H3. The molecular weight excluding hydrogens is 342 g/mol. The van der Waals surface area contributed by atoms with E-state index >= 15 is 0 Å². The zero-order chi connectivity index (χ0) is 14.5. The van der Waals surface area contributed by atoms with Gasteiger partial charge in [0, 0.05) is 22.5 Å². The molecule has 1 aromatic carbocycles. The third-order valence-corrected chi connectivity index (χ3v) is 3.98. The number of nitrogens with one attached hydrogen (secondary N) is 1. The quantitative estimate of drug-likeness (QED) is 0.790. The molecule has 0 atom stereocenters. The van der Waals surface area contributed by atoms with E-state index in [4.69, 9.17) is 16.1 Å². The van der Waals surface area contributed by atoms with Gasteiger partial charge in [0.15, 0.2) is 0 Å². The summed E-state index contributed by atoms with van der Waals surface area (Å²) in [5, 5.41) is 8.02. The Morgan fingerprint density at radius 1 is 1.40 bits per heavy atom. The summed E-state index contributed by atoms with van der Waals surface area (Å²) in [6, 6.07) is 6.07. The van der Waals surface area contributed by atoms with Crippen molar-refractivity contribution in [3.8, 4) is 11.4 Å². The summed E-state index contributed by atoms with van der Waals surface area (Å²) in [7, 11) is 0. The number of aryl methyl sites for hydroxylation is 1. The Balaban J connectivity index is 1.96. The molecule has 0 unspecified atom stereocenters. The van der Waals surface area contributed by atoms with Gasteiger partial charge >= 0.3 is 0 Å². The van der Waals surface area contributed by atoms with Crippen LogP contribution in [0.1, 0.15) is 26.2 Å². The molecule has 0 bridgehead atoms. The lowest BCUT2D eigenvalue weighted by Gasteiger charge is -2.05. The van der Waals surface area contributed by atoms with Crippen LogP contribution in [0.15, 0.2) is 27.2 Å². The monoisotopic (exact) mass is 357 g/mol. The minimum atomic E-state index is 0.500. The maximum atomic E-state index is 5.97. The first-order valence-electron chi connectivity index (χ1n) is 6.57. The third-order valence-electron chi connectivity index (χ3n) is 2.77. The maximum Gasteiger partial charge on any atom is 0.227 e. The smallest absolute Gasteiger partial charge is 0.227 e. The molecule has 108 valence electrons. The zero-order valence-electron chi connectivity index (χ0n) is 11.5. The van der Waals surface area contributed by atoms with Gasteiger partial charge < -0.3 is 9.84 Å². The predicted molar refractivity (Wildman–Crippen MR) is 83.9 cm³/mol. The molecule has 0 aliphatic carbocycles. The Hall–Kier alpha value is -0.910. The number of hydrogen-bond acceptors (Lipinski definition) is 4. The topological polar surface area (TPSA) is 51.0 Å². The number of rotatable bonds is 6. The Bertz CT molecular complexity index is 571. The Morgan fingerprint density at radius 3 is 2.90 bits per heavy atom. The van der Waals surface area contributed by atoms with E-state index in [0.29, 0.717) is 22.8 Å². The number of halogens is 2. The molecule has 1 N–H and O–H groups in total. The van der Waals surface area contributed by atoms with Crippen LogP contribution in [0, 0.1) is 0 Å². The summed E-state index contributed by atoms with van der Waals surface area (Å²) >= 11 is 9.35. The molecule has 0 aliphatic heterocycles. The predicted octanol–water partition coefficient (Wildman–Crippen LogP) is 4.08. The van der Waals surface area contributed by atoms with Gasteiger partial charge in [-0.2, -0.15) is 4.98 Å². The Morgan fingerprint density at radius 2 is 2.20 bits per heavy atom. The number of nitrogens with zero attached hydrogens (tertiary/aromatic N) is 2. The lowest BCUT2D eigenvalue weighted by molar-refractivity contribution is 0.374. The number of benzene rings is 1. The van der Waals surface area contributed by atoms with Crippen LogP contribution in [0.5, 0.6) is 0 Å². The summed E-state index contributed by atoms with van der Waals surface area (Å²) in [4.78, 5) is 4.40. The fraction of sp³-hybridized carbons (Fsp3) is 0.429. The van der Waals surface area contributed by atoms with Crippen molar-refractivity contribution in [2.75, 3.05) is 6.54 Å². The summed E-state index contributed by atoms with van der Waals surface area (Å²) in [6.07, 6.45) is 1.76. The summed E-state index contributed by atoms with van der Waals surface area (Å²) in [5.74, 6) is 1.26. The first kappa shape index (κ1) is 15.5. The molecule has 6 heteroatoms. The molecule has 4 nitrogen and oxygen atoms in total. The Labute approximate surface area is 132 Å². The van der Waals surface area contributed by atoms with Gasteiger partial charge in [-0.3, -0.25) is 0 Å². The summed E-state index contributed by atoms with van der Waals surface area (Å²) in [6.45, 7) is 5.20. The van der Waals surface area contributed by atoms with E-state index in [-0.39, 0.29) is 0 Å². The average molecular weight is 359 g/mol. The van der Waals surface area contributed by atoms with Crippen LogP contribution in [-0.2, 0) is 6.42 Å². The van der Waals surface area contributed by atoms with Gasteiger partial charge in [-0.05, 0) is 47.1 Å². The average Bonchev–Trinajstić information content (AvgIpc) is 2.86. The molecule has 0 spiro atoms. The number of hydrogen-bond donors (Lipinski definition) is 1. The normalized spacial score (nSPS) is 11.2. The van der Waals surface area contributed by atoms with E-state index < -0.39 is 0 Å². The fourth-order valence-electron chi connectivity index (χ4n) is 1.74. The van der Waals surface area contributed by atoms with Crippen LogP contribution in [0.2, 0.25) is 5.02 Å². The van der Waals surface area contributed by atoms with Gasteiger partial charge in [-0.25, -0.2) is 0 Å². The largest absolute Gasteiger partial charge is 0.339 e. The molecule has 2 rings (SSSR count). The minimum absolute atomic E-state index is 0.500. The first-order valence-corrected chi connectivity index (χ1v) is 7.74. The van der Waals surface area contributed by atoms with E-state index in [9.17, 15) is 0 Å². The van der Waals surface area contributed by atoms with Crippen LogP contribution in [-0.4, -0.2) is 22.7 Å². The van der Waals surface area contributed by atoms with Crippen LogP contribution in [0.3, 0.4) is 0 Å². The van der Waals surface area contributed by atoms with Gasteiger partial charge in [-0.15, -0.1) is 0 Å². The first-order chi connectivity index (χ1) is 9.56. The van der Waals surface area contributed by atoms with Crippen molar-refractivity contribution < 1.29 is 4.52 Å². The van der Waals surface area contributed by atoms with Gasteiger partial charge in [0.1, 0.15) is 0 Å². The molecule has 0 radical (unpaired) electrons. The van der Waals surface area contributed by atoms with Gasteiger partial charge in [0.2, 0.25) is 11.7 Å². The van der Waals surface area contributed by atoms with E-state index in [1.807, 2.05) is 18.2 Å². The molecular formula is C14H17BrClN3O. The molecule has 0 saturated carbocycles. The highest BCUT2D eigenvalue weighted by Gasteiger charge is 2.09. The van der Waals surface area contributed by atoms with Crippen LogP contribution in [0.4, 0.5) is 0 Å². The van der Waals surface area contributed by atoms with Crippen molar-refractivity contribution in [2.24, 2.45) is 0 Å². The van der Waals surface area contributed by atoms with Crippen molar-refractivity contribution in [3.05, 3.63) is 33.6 Å². The van der Waals surface area contributed by atoms with E-state index in [1.54, 1.807) is 0 Å². The van der Waals surface area contributed by atoms with Gasteiger partial charge in [0.25, 0.3) is 0 Å². The molecule has 1 aromatic heterocycles. The van der Waals surface area contributed by atoms with Crippen molar-refractivity contribution >= 4 is 27.5 Å². The second-order valence-corrected chi connectivity index (χ2v) is 6.11. The molecule has 0 saturated heterocycles. The highest BCUT2D eigenvalue weighted by molar-refractivity contribution is 9.10. The minimum Gasteiger partial charge on any atom is -0.339 e. The van der Waals surface area contributed by atoms with Crippen molar-refractivity contribution in [1.82, 2.24) is 15.5 Å². The van der Waals surface area contributed by atoms with E-state index in [2.05, 4.69) is 45.2 Å². The van der Waals surface area contributed by atoms with Crippen molar-refractivity contribution in [3.63, 3.8) is 0 Å².